The minimum atomic E-state index is -0.653. The lowest BCUT2D eigenvalue weighted by atomic mass is 9.79. The van der Waals surface area contributed by atoms with Crippen LogP contribution in [-0.2, 0) is 14.3 Å². The Morgan fingerprint density at radius 1 is 1.06 bits per heavy atom. The van der Waals surface area contributed by atoms with Crippen LogP contribution in [0.15, 0.2) is 54.1 Å². The minimum Gasteiger partial charge on any atom is -0.505 e. The summed E-state index contributed by atoms with van der Waals surface area (Å²) in [6.45, 7) is 10.3. The van der Waals surface area contributed by atoms with Crippen LogP contribution in [0.1, 0.15) is 64.2 Å². The third-order valence-electron chi connectivity index (χ3n) is 5.32. The maximum absolute atomic E-state index is 14.3. The molecule has 1 aliphatic rings. The van der Waals surface area contributed by atoms with Crippen LogP contribution < -0.4 is 0 Å². The molecular weight excluding hydrogens is 407 g/mol. The number of aromatic hydroxyl groups is 1. The molecule has 3 rings (SSSR count). The predicted molar refractivity (Wildman–Crippen MR) is 125 cm³/mol. The molecule has 1 fully saturated rings. The molecule has 0 saturated carbocycles. The van der Waals surface area contributed by atoms with Crippen molar-refractivity contribution in [2.45, 2.75) is 58.7 Å². The van der Waals surface area contributed by atoms with Crippen LogP contribution in [0.3, 0.4) is 0 Å². The number of rotatable bonds is 5. The summed E-state index contributed by atoms with van der Waals surface area (Å²) in [7, 11) is 0. The van der Waals surface area contributed by atoms with E-state index >= 15 is 0 Å². The first-order valence-electron chi connectivity index (χ1n) is 10.9. The highest BCUT2D eigenvalue weighted by Crippen LogP contribution is 2.43. The van der Waals surface area contributed by atoms with Crippen molar-refractivity contribution in [2.75, 3.05) is 6.61 Å². The molecule has 170 valence electrons. The van der Waals surface area contributed by atoms with Crippen molar-refractivity contribution < 1.29 is 23.8 Å². The van der Waals surface area contributed by atoms with Gasteiger partial charge in [0.05, 0.1) is 17.8 Å². The molecule has 0 spiro atoms. The summed E-state index contributed by atoms with van der Waals surface area (Å²) < 4.78 is 25.4. The number of hydrogen-bond acceptors (Lipinski definition) is 4. The van der Waals surface area contributed by atoms with Gasteiger partial charge in [0.25, 0.3) is 0 Å². The van der Waals surface area contributed by atoms with Crippen LogP contribution >= 0.6 is 0 Å². The third kappa shape index (κ3) is 5.86. The molecule has 2 aromatic rings. The number of carbonyl (C=O) groups is 1. The Morgan fingerprint density at radius 2 is 1.66 bits per heavy atom. The van der Waals surface area contributed by atoms with Crippen molar-refractivity contribution in [3.05, 3.63) is 76.6 Å². The number of esters is 1. The molecule has 0 unspecified atom stereocenters. The summed E-state index contributed by atoms with van der Waals surface area (Å²) in [4.78, 5) is 11.6. The molecule has 32 heavy (non-hydrogen) atoms. The molecule has 0 aromatic heterocycles. The van der Waals surface area contributed by atoms with E-state index in [0.29, 0.717) is 25.0 Å². The molecule has 1 heterocycles. The SMILES string of the molecule is CCOC(=O)/C=C/c1ccc(C(=C2CC(C)(C)OC(C)(C)C2)c2ccc(O)c(F)c2)cc1. The standard InChI is InChI=1S/C27H31FO4/c1-6-31-24(30)14-9-18-7-10-19(11-8-18)25(20-12-13-23(29)22(28)15-20)21-16-26(2,3)32-27(4,5)17-21/h7-15,29H,6,16-17H2,1-5H3/b14-9+. The lowest BCUT2D eigenvalue weighted by Gasteiger charge is -2.43. The van der Waals surface area contributed by atoms with E-state index in [-0.39, 0.29) is 22.9 Å². The number of ether oxygens (including phenoxy) is 2. The van der Waals surface area contributed by atoms with Gasteiger partial charge in [-0.1, -0.05) is 35.9 Å². The average Bonchev–Trinajstić information content (AvgIpc) is 2.68. The van der Waals surface area contributed by atoms with E-state index in [9.17, 15) is 14.3 Å². The maximum Gasteiger partial charge on any atom is 0.330 e. The minimum absolute atomic E-state index is 0.332. The fraction of sp³-hybridized carbons (Fsp3) is 0.370. The lowest BCUT2D eigenvalue weighted by molar-refractivity contribution is -0.139. The van der Waals surface area contributed by atoms with Gasteiger partial charge in [-0.2, -0.15) is 0 Å². The van der Waals surface area contributed by atoms with Crippen LogP contribution in [0.5, 0.6) is 5.75 Å². The van der Waals surface area contributed by atoms with Gasteiger partial charge in [0.15, 0.2) is 11.6 Å². The Morgan fingerprint density at radius 3 is 2.22 bits per heavy atom. The molecule has 1 saturated heterocycles. The second kappa shape index (κ2) is 9.29. The molecule has 0 aliphatic carbocycles. The van der Waals surface area contributed by atoms with E-state index in [1.165, 1.54) is 23.8 Å². The summed E-state index contributed by atoms with van der Waals surface area (Å²) in [6, 6.07) is 12.3. The zero-order chi connectivity index (χ0) is 23.5. The summed E-state index contributed by atoms with van der Waals surface area (Å²) in [5, 5.41) is 9.69. The molecule has 0 atom stereocenters. The normalized spacial score (nSPS) is 17.4. The Labute approximate surface area is 189 Å². The number of halogens is 1. The summed E-state index contributed by atoms with van der Waals surface area (Å²) in [5.74, 6) is -1.41. The highest BCUT2D eigenvalue weighted by molar-refractivity contribution is 5.87. The first-order chi connectivity index (χ1) is 15.0. The van der Waals surface area contributed by atoms with Crippen molar-refractivity contribution in [3.63, 3.8) is 0 Å². The van der Waals surface area contributed by atoms with Gasteiger partial charge in [0.2, 0.25) is 0 Å². The molecule has 0 bridgehead atoms. The Balaban J connectivity index is 2.07. The highest BCUT2D eigenvalue weighted by Gasteiger charge is 2.37. The summed E-state index contributed by atoms with van der Waals surface area (Å²) >= 11 is 0. The quantitative estimate of drug-likeness (QED) is 0.441. The first kappa shape index (κ1) is 23.7. The molecule has 1 N–H and O–H groups in total. The Hall–Kier alpha value is -2.92. The van der Waals surface area contributed by atoms with Crippen molar-refractivity contribution >= 4 is 17.6 Å². The number of phenols is 1. The average molecular weight is 439 g/mol. The van der Waals surface area contributed by atoms with Gasteiger partial charge in [-0.15, -0.1) is 0 Å². The van der Waals surface area contributed by atoms with Gasteiger partial charge >= 0.3 is 5.97 Å². The summed E-state index contributed by atoms with van der Waals surface area (Å²) in [5.41, 5.74) is 3.89. The molecule has 0 radical (unpaired) electrons. The number of benzene rings is 2. The smallest absolute Gasteiger partial charge is 0.330 e. The Bertz CT molecular complexity index is 1030. The van der Waals surface area contributed by atoms with Crippen molar-refractivity contribution in [1.82, 2.24) is 0 Å². The Kier molecular flexibility index (Phi) is 6.89. The molecule has 4 nitrogen and oxygen atoms in total. The second-order valence-corrected chi connectivity index (χ2v) is 9.33. The molecule has 1 aliphatic heterocycles. The van der Waals surface area contributed by atoms with Crippen LogP contribution in [-0.4, -0.2) is 28.9 Å². The van der Waals surface area contributed by atoms with Gasteiger partial charge in [0, 0.05) is 6.08 Å². The lowest BCUT2D eigenvalue weighted by Crippen LogP contribution is -2.42. The second-order valence-electron chi connectivity index (χ2n) is 9.33. The highest BCUT2D eigenvalue weighted by atomic mass is 19.1. The van der Waals surface area contributed by atoms with Gasteiger partial charge in [0.1, 0.15) is 0 Å². The van der Waals surface area contributed by atoms with Crippen LogP contribution in [0, 0.1) is 5.82 Å². The van der Waals surface area contributed by atoms with Crippen LogP contribution in [0.4, 0.5) is 4.39 Å². The molecule has 2 aromatic carbocycles. The largest absolute Gasteiger partial charge is 0.505 e. The number of carbonyl (C=O) groups excluding carboxylic acids is 1. The summed E-state index contributed by atoms with van der Waals surface area (Å²) in [6.07, 6.45) is 4.52. The van der Waals surface area contributed by atoms with Gasteiger partial charge < -0.3 is 14.6 Å². The van der Waals surface area contributed by atoms with E-state index in [1.807, 2.05) is 24.3 Å². The van der Waals surface area contributed by atoms with Crippen LogP contribution in [0.2, 0.25) is 0 Å². The van der Waals surface area contributed by atoms with Crippen molar-refractivity contribution in [1.29, 1.82) is 0 Å². The predicted octanol–water partition coefficient (Wildman–Crippen LogP) is 6.28. The fourth-order valence-electron chi connectivity index (χ4n) is 4.44. The van der Waals surface area contributed by atoms with Gasteiger partial charge in [-0.3, -0.25) is 0 Å². The zero-order valence-corrected chi connectivity index (χ0v) is 19.4. The van der Waals surface area contributed by atoms with E-state index in [1.54, 1.807) is 19.1 Å². The topological polar surface area (TPSA) is 55.8 Å². The van der Waals surface area contributed by atoms with Gasteiger partial charge in [-0.05, 0) is 87.9 Å². The fourth-order valence-corrected chi connectivity index (χ4v) is 4.44. The molecule has 5 heteroatoms. The van der Waals surface area contributed by atoms with Crippen molar-refractivity contribution in [3.8, 4) is 5.75 Å². The van der Waals surface area contributed by atoms with Crippen molar-refractivity contribution in [2.24, 2.45) is 0 Å². The molecular formula is C27H31FO4. The molecule has 0 amide bonds. The van der Waals surface area contributed by atoms with Gasteiger partial charge in [-0.25, -0.2) is 9.18 Å². The first-order valence-corrected chi connectivity index (χ1v) is 10.9. The zero-order valence-electron chi connectivity index (χ0n) is 19.4. The number of phenolic OH excluding ortho intramolecular Hbond substituents is 1. The number of hydrogen-bond donors (Lipinski definition) is 1. The van der Waals surface area contributed by atoms with E-state index in [2.05, 4.69) is 27.7 Å². The van der Waals surface area contributed by atoms with E-state index < -0.39 is 5.82 Å². The third-order valence-corrected chi connectivity index (χ3v) is 5.32. The van der Waals surface area contributed by atoms with Crippen LogP contribution in [0.25, 0.3) is 11.6 Å². The van der Waals surface area contributed by atoms with E-state index in [0.717, 1.165) is 16.7 Å². The monoisotopic (exact) mass is 438 g/mol. The van der Waals surface area contributed by atoms with E-state index in [4.69, 9.17) is 9.47 Å². The maximum atomic E-state index is 14.3.